The summed E-state index contributed by atoms with van der Waals surface area (Å²) in [5.74, 6) is -0.142. The number of rotatable bonds is 5. The molecule has 0 aliphatic rings. The van der Waals surface area contributed by atoms with E-state index in [9.17, 15) is 9.59 Å². The van der Waals surface area contributed by atoms with E-state index >= 15 is 0 Å². The van der Waals surface area contributed by atoms with Crippen LogP contribution < -0.4 is 15.8 Å². The molecule has 1 aromatic carbocycles. The highest BCUT2D eigenvalue weighted by molar-refractivity contribution is 7.17. The first-order chi connectivity index (χ1) is 11.1. The Labute approximate surface area is 135 Å². The maximum atomic E-state index is 12.1. The van der Waals surface area contributed by atoms with Gasteiger partial charge in [0.25, 0.3) is 5.91 Å². The number of benzene rings is 1. The smallest absolute Gasteiger partial charge is 0.260 e. The highest BCUT2D eigenvalue weighted by Gasteiger charge is 2.13. The van der Waals surface area contributed by atoms with Gasteiger partial charge in [0.1, 0.15) is 16.2 Å². The zero-order chi connectivity index (χ0) is 16.4. The molecule has 0 fully saturated rings. The lowest BCUT2D eigenvalue weighted by Crippen LogP contribution is -2.13. The Morgan fingerprint density at radius 3 is 2.96 bits per heavy atom. The second kappa shape index (κ2) is 6.09. The number of carbonyl (C=O) groups excluding carboxylic acids is 2. The molecule has 0 aliphatic carbocycles. The van der Waals surface area contributed by atoms with Crippen LogP contribution in [0.25, 0.3) is 11.0 Å². The highest BCUT2D eigenvalue weighted by atomic mass is 32.1. The number of fused-ring (bicyclic) bond motifs is 1. The van der Waals surface area contributed by atoms with Gasteiger partial charge in [-0.2, -0.15) is 0 Å². The van der Waals surface area contributed by atoms with Crippen molar-refractivity contribution in [1.29, 1.82) is 0 Å². The third kappa shape index (κ3) is 3.16. The number of nitrogens with two attached hydrogens (primary N) is 1. The quantitative estimate of drug-likeness (QED) is 0.745. The predicted molar refractivity (Wildman–Crippen MR) is 85.7 cm³/mol. The topological polar surface area (TPSA) is 107 Å². The minimum Gasteiger partial charge on any atom is -0.497 e. The summed E-state index contributed by atoms with van der Waals surface area (Å²) >= 11 is 1.03. The van der Waals surface area contributed by atoms with E-state index in [1.807, 2.05) is 6.07 Å². The summed E-state index contributed by atoms with van der Waals surface area (Å²) in [6.07, 6.45) is 3.01. The molecule has 8 heteroatoms. The van der Waals surface area contributed by atoms with Gasteiger partial charge in [0.15, 0.2) is 5.13 Å². The van der Waals surface area contributed by atoms with Gasteiger partial charge in [-0.15, -0.1) is 0 Å². The van der Waals surface area contributed by atoms with Crippen molar-refractivity contribution in [2.45, 2.75) is 6.42 Å². The predicted octanol–water partition coefficient (Wildman–Crippen LogP) is 2.18. The maximum Gasteiger partial charge on any atom is 0.260 e. The van der Waals surface area contributed by atoms with Gasteiger partial charge in [-0.25, -0.2) is 4.98 Å². The van der Waals surface area contributed by atoms with E-state index in [0.29, 0.717) is 21.3 Å². The number of thiazole rings is 1. The van der Waals surface area contributed by atoms with Crippen LogP contribution in [0.15, 0.2) is 35.1 Å². The normalized spacial score (nSPS) is 10.7. The minimum absolute atomic E-state index is 0.130. The molecule has 3 aromatic rings. The summed E-state index contributed by atoms with van der Waals surface area (Å²) in [5, 5.41) is 3.81. The molecule has 2 heterocycles. The largest absolute Gasteiger partial charge is 0.497 e. The third-order valence-corrected chi connectivity index (χ3v) is 4.14. The van der Waals surface area contributed by atoms with Crippen LogP contribution >= 0.6 is 11.3 Å². The Kier molecular flexibility index (Phi) is 3.98. The van der Waals surface area contributed by atoms with E-state index in [2.05, 4.69) is 10.3 Å². The Morgan fingerprint density at radius 1 is 1.43 bits per heavy atom. The Bertz CT molecular complexity index is 884. The van der Waals surface area contributed by atoms with E-state index in [1.54, 1.807) is 25.5 Å². The number of ether oxygens (including phenoxy) is 1. The second-order valence-electron chi connectivity index (χ2n) is 4.74. The molecule has 0 atom stereocenters. The van der Waals surface area contributed by atoms with Crippen LogP contribution in [0.4, 0.5) is 5.13 Å². The molecule has 0 bridgehead atoms. The number of methoxy groups -OCH3 is 1. The summed E-state index contributed by atoms with van der Waals surface area (Å²) < 4.78 is 10.6. The van der Waals surface area contributed by atoms with Crippen molar-refractivity contribution in [3.8, 4) is 5.75 Å². The molecule has 7 nitrogen and oxygen atoms in total. The van der Waals surface area contributed by atoms with Crippen LogP contribution in [-0.2, 0) is 11.2 Å². The fourth-order valence-electron chi connectivity index (χ4n) is 2.11. The average molecular weight is 331 g/mol. The fourth-order valence-corrected chi connectivity index (χ4v) is 2.79. The number of anilines is 1. The van der Waals surface area contributed by atoms with Crippen LogP contribution in [0.3, 0.4) is 0 Å². The first-order valence-corrected chi connectivity index (χ1v) is 7.48. The van der Waals surface area contributed by atoms with Gasteiger partial charge in [0.2, 0.25) is 5.91 Å². The van der Waals surface area contributed by atoms with E-state index in [-0.39, 0.29) is 12.3 Å². The van der Waals surface area contributed by atoms with Crippen LogP contribution in [0.5, 0.6) is 5.75 Å². The Balaban J connectivity index is 1.73. The molecule has 0 saturated heterocycles. The fraction of sp³-hybridized carbons (Fsp3) is 0.133. The minimum atomic E-state index is -0.572. The summed E-state index contributed by atoms with van der Waals surface area (Å²) in [7, 11) is 1.58. The lowest BCUT2D eigenvalue weighted by molar-refractivity contribution is -0.115. The maximum absolute atomic E-state index is 12.1. The van der Waals surface area contributed by atoms with E-state index < -0.39 is 5.91 Å². The van der Waals surface area contributed by atoms with Crippen molar-refractivity contribution in [3.05, 3.63) is 41.1 Å². The Hall–Kier alpha value is -2.87. The molecule has 2 aromatic heterocycles. The summed E-state index contributed by atoms with van der Waals surface area (Å²) in [5.41, 5.74) is 6.56. The van der Waals surface area contributed by atoms with Crippen LogP contribution in [0.1, 0.15) is 15.2 Å². The summed E-state index contributed by atoms with van der Waals surface area (Å²) in [4.78, 5) is 27.3. The molecule has 0 radical (unpaired) electrons. The number of hydrogen-bond donors (Lipinski definition) is 2. The van der Waals surface area contributed by atoms with E-state index in [4.69, 9.17) is 14.9 Å². The number of amides is 2. The number of nitrogens with zero attached hydrogens (tertiary/aromatic N) is 1. The lowest BCUT2D eigenvalue weighted by Gasteiger charge is -2.01. The molecule has 118 valence electrons. The number of furan rings is 1. The molecule has 0 unspecified atom stereocenters. The first-order valence-electron chi connectivity index (χ1n) is 6.66. The first kappa shape index (κ1) is 15.0. The van der Waals surface area contributed by atoms with Crippen molar-refractivity contribution in [2.24, 2.45) is 5.73 Å². The van der Waals surface area contributed by atoms with Crippen LogP contribution in [0, 0.1) is 0 Å². The molecular weight excluding hydrogens is 318 g/mol. The lowest BCUT2D eigenvalue weighted by atomic mass is 10.1. The van der Waals surface area contributed by atoms with Crippen LogP contribution in [-0.4, -0.2) is 23.9 Å². The Morgan fingerprint density at radius 2 is 2.26 bits per heavy atom. The zero-order valence-electron chi connectivity index (χ0n) is 12.2. The molecular formula is C15H13N3O4S. The number of primary amides is 1. The summed E-state index contributed by atoms with van der Waals surface area (Å²) in [6, 6.07) is 5.41. The van der Waals surface area contributed by atoms with Gasteiger partial charge in [-0.3, -0.25) is 9.59 Å². The van der Waals surface area contributed by atoms with E-state index in [0.717, 1.165) is 22.3 Å². The zero-order valence-corrected chi connectivity index (χ0v) is 13.0. The molecule has 0 spiro atoms. The monoisotopic (exact) mass is 331 g/mol. The SMILES string of the molecule is COc1ccc2c(CC(=O)Nc3ncc(C(N)=O)s3)coc2c1. The van der Waals surface area contributed by atoms with Crippen molar-refractivity contribution in [2.75, 3.05) is 12.4 Å². The van der Waals surface area contributed by atoms with Crippen molar-refractivity contribution in [1.82, 2.24) is 4.98 Å². The molecule has 23 heavy (non-hydrogen) atoms. The van der Waals surface area contributed by atoms with Crippen molar-refractivity contribution >= 4 is 39.3 Å². The van der Waals surface area contributed by atoms with Gasteiger partial charge in [0.05, 0.1) is 26.0 Å². The molecule has 0 saturated carbocycles. The highest BCUT2D eigenvalue weighted by Crippen LogP contribution is 2.26. The number of aromatic nitrogens is 1. The molecule has 3 rings (SSSR count). The van der Waals surface area contributed by atoms with Gasteiger partial charge in [0, 0.05) is 17.0 Å². The molecule has 3 N–H and O–H groups in total. The second-order valence-corrected chi connectivity index (χ2v) is 5.77. The third-order valence-electron chi connectivity index (χ3n) is 3.21. The molecule has 2 amide bonds. The van der Waals surface area contributed by atoms with E-state index in [1.165, 1.54) is 6.20 Å². The van der Waals surface area contributed by atoms with Gasteiger partial charge in [-0.05, 0) is 12.1 Å². The van der Waals surface area contributed by atoms with Crippen molar-refractivity contribution < 1.29 is 18.7 Å². The standard InChI is InChI=1S/C15H13N3O4S/c1-21-9-2-3-10-8(7-22-11(10)5-9)4-13(19)18-15-17-6-12(23-15)14(16)20/h2-3,5-7H,4H2,1H3,(H2,16,20)(H,17,18,19). The number of nitrogens with one attached hydrogen (secondary N) is 1. The van der Waals surface area contributed by atoms with Crippen molar-refractivity contribution in [3.63, 3.8) is 0 Å². The molecule has 0 aliphatic heterocycles. The van der Waals surface area contributed by atoms with Gasteiger partial charge >= 0.3 is 0 Å². The number of hydrogen-bond acceptors (Lipinski definition) is 6. The summed E-state index contributed by atoms with van der Waals surface area (Å²) in [6.45, 7) is 0. The van der Waals surface area contributed by atoms with Gasteiger partial charge in [-0.1, -0.05) is 11.3 Å². The van der Waals surface area contributed by atoms with Crippen LogP contribution in [0.2, 0.25) is 0 Å². The van der Waals surface area contributed by atoms with Gasteiger partial charge < -0.3 is 20.2 Å². The average Bonchev–Trinajstić information content (AvgIpc) is 3.14. The number of carbonyl (C=O) groups is 2.